The van der Waals surface area contributed by atoms with Crippen LogP contribution in [-0.2, 0) is 9.33 Å². The zero-order chi connectivity index (χ0) is 13.1. The first kappa shape index (κ1) is 13.4. The molecule has 17 heavy (non-hydrogen) atoms. The Hall–Kier alpha value is -1.64. The summed E-state index contributed by atoms with van der Waals surface area (Å²) in [7, 11) is -0.137. The Bertz CT molecular complexity index is 723. The molecule has 2 aromatic rings. The normalized spacial score (nSPS) is 10.7. The lowest BCUT2D eigenvalue weighted by Gasteiger charge is -1.91. The number of rotatable bonds is 0. The molecule has 0 fully saturated rings. The maximum absolute atomic E-state index is 11.0. The molecular formula is C8H6ClNO6S. The van der Waals surface area contributed by atoms with Crippen LogP contribution in [0, 0.1) is 0 Å². The largest absolute Gasteiger partial charge is 0.419 e. The summed E-state index contributed by atoms with van der Waals surface area (Å²) in [5, 5.41) is 0.386. The van der Waals surface area contributed by atoms with Gasteiger partial charge in [-0.2, -0.15) is 8.42 Å². The molecule has 2 rings (SSSR count). The number of aromatic nitrogens is 1. The van der Waals surface area contributed by atoms with E-state index in [4.69, 9.17) is 13.0 Å². The topological polar surface area (TPSA) is 117 Å². The third-order valence-electron chi connectivity index (χ3n) is 1.57. The quantitative estimate of drug-likeness (QED) is 0.536. The molecule has 0 amide bonds. The molecule has 0 radical (unpaired) electrons. The first-order chi connectivity index (χ1) is 7.77. The SMILES string of the molecule is O=S(=O)(O)Cl.O=c1[nH]c2ccccc2c(=O)o1. The van der Waals surface area contributed by atoms with Crippen LogP contribution in [0.1, 0.15) is 0 Å². The Morgan fingerprint density at radius 1 is 1.24 bits per heavy atom. The number of hydrogen-bond acceptors (Lipinski definition) is 5. The lowest BCUT2D eigenvalue weighted by Crippen LogP contribution is -2.13. The van der Waals surface area contributed by atoms with Crippen molar-refractivity contribution < 1.29 is 17.4 Å². The second kappa shape index (κ2) is 5.13. The monoisotopic (exact) mass is 279 g/mol. The standard InChI is InChI=1S/C8H5NO3.ClHO3S/c10-7-5-3-1-2-4-6(5)9-8(11)12-7;1-5(2,3)4/h1-4H,(H,9,11);(H,2,3,4). The van der Waals surface area contributed by atoms with Gasteiger partial charge in [-0.25, -0.2) is 9.59 Å². The minimum Gasteiger partial charge on any atom is -0.372 e. The van der Waals surface area contributed by atoms with Crippen molar-refractivity contribution in [3.8, 4) is 0 Å². The molecule has 7 nitrogen and oxygen atoms in total. The van der Waals surface area contributed by atoms with Crippen LogP contribution in [-0.4, -0.2) is 18.0 Å². The first-order valence-corrected chi connectivity index (χ1v) is 6.33. The molecule has 1 heterocycles. The molecule has 0 saturated carbocycles. The van der Waals surface area contributed by atoms with Crippen molar-refractivity contribution in [3.05, 3.63) is 45.2 Å². The van der Waals surface area contributed by atoms with Crippen molar-refractivity contribution >= 4 is 30.9 Å². The predicted molar refractivity (Wildman–Crippen MR) is 60.5 cm³/mol. The van der Waals surface area contributed by atoms with Crippen molar-refractivity contribution in [1.29, 1.82) is 0 Å². The van der Waals surface area contributed by atoms with Gasteiger partial charge in [0.15, 0.2) is 0 Å². The van der Waals surface area contributed by atoms with Gasteiger partial charge in [0.1, 0.15) is 0 Å². The zero-order valence-electron chi connectivity index (χ0n) is 8.08. The maximum atomic E-state index is 11.0. The summed E-state index contributed by atoms with van der Waals surface area (Å²) in [5.41, 5.74) is -0.104. The maximum Gasteiger partial charge on any atom is 0.419 e. The summed E-state index contributed by atoms with van der Waals surface area (Å²) in [6.45, 7) is 0. The second-order valence-electron chi connectivity index (χ2n) is 2.76. The number of para-hydroxylation sites is 1. The van der Waals surface area contributed by atoms with Crippen LogP contribution < -0.4 is 11.4 Å². The van der Waals surface area contributed by atoms with Crippen LogP contribution in [0.15, 0.2) is 38.3 Å². The molecule has 92 valence electrons. The summed E-state index contributed by atoms with van der Waals surface area (Å²) < 4.78 is 29.5. The van der Waals surface area contributed by atoms with Gasteiger partial charge in [-0.3, -0.25) is 9.54 Å². The fourth-order valence-corrected chi connectivity index (χ4v) is 1.04. The van der Waals surface area contributed by atoms with Gasteiger partial charge in [0.2, 0.25) is 0 Å². The van der Waals surface area contributed by atoms with Crippen molar-refractivity contribution in [2.45, 2.75) is 0 Å². The van der Waals surface area contributed by atoms with E-state index in [-0.39, 0.29) is 0 Å². The molecule has 9 heteroatoms. The third-order valence-corrected chi connectivity index (χ3v) is 1.57. The van der Waals surface area contributed by atoms with E-state index >= 15 is 0 Å². The van der Waals surface area contributed by atoms with Crippen molar-refractivity contribution in [2.24, 2.45) is 0 Å². The summed E-state index contributed by atoms with van der Waals surface area (Å²) in [5.74, 6) is -0.723. The van der Waals surface area contributed by atoms with E-state index in [0.717, 1.165) is 0 Å². The zero-order valence-corrected chi connectivity index (χ0v) is 9.66. The van der Waals surface area contributed by atoms with Crippen LogP contribution in [0.3, 0.4) is 0 Å². The van der Waals surface area contributed by atoms with Crippen LogP contribution in [0.25, 0.3) is 10.9 Å². The molecule has 0 bridgehead atoms. The number of halogens is 1. The molecule has 0 saturated heterocycles. The highest BCUT2D eigenvalue weighted by Gasteiger charge is 1.98. The smallest absolute Gasteiger partial charge is 0.372 e. The lowest BCUT2D eigenvalue weighted by atomic mass is 10.2. The average Bonchev–Trinajstić information content (AvgIpc) is 2.14. The van der Waals surface area contributed by atoms with Crippen molar-refractivity contribution in [1.82, 2.24) is 4.98 Å². The number of benzene rings is 1. The van der Waals surface area contributed by atoms with Gasteiger partial charge in [-0.15, -0.1) is 0 Å². The van der Waals surface area contributed by atoms with E-state index in [1.807, 2.05) is 0 Å². The second-order valence-corrected chi connectivity index (χ2v) is 4.75. The number of nitrogens with one attached hydrogen (secondary N) is 1. The fourth-order valence-electron chi connectivity index (χ4n) is 1.04. The fraction of sp³-hybridized carbons (Fsp3) is 0. The summed E-state index contributed by atoms with van der Waals surface area (Å²) >= 11 is 0. The Balaban J connectivity index is 0.000000249. The van der Waals surface area contributed by atoms with Gasteiger partial charge >= 0.3 is 20.7 Å². The van der Waals surface area contributed by atoms with Crippen LogP contribution in [0.4, 0.5) is 0 Å². The molecule has 2 N–H and O–H groups in total. The minimum atomic E-state index is -4.19. The van der Waals surface area contributed by atoms with E-state index in [1.165, 1.54) is 0 Å². The molecular weight excluding hydrogens is 274 g/mol. The number of H-pyrrole nitrogens is 1. The Labute approximate surface area is 98.9 Å². The van der Waals surface area contributed by atoms with Gasteiger partial charge in [-0.05, 0) is 12.1 Å². The average molecular weight is 280 g/mol. The Kier molecular flexibility index (Phi) is 4.05. The molecule has 0 aliphatic carbocycles. The van der Waals surface area contributed by atoms with Crippen LogP contribution in [0.5, 0.6) is 0 Å². The predicted octanol–water partition coefficient (Wildman–Crippen LogP) is 0.509. The van der Waals surface area contributed by atoms with Crippen LogP contribution in [0.2, 0.25) is 0 Å². The Morgan fingerprint density at radius 2 is 1.76 bits per heavy atom. The van der Waals surface area contributed by atoms with Gasteiger partial charge in [0.25, 0.3) is 0 Å². The molecule has 0 aliphatic rings. The lowest BCUT2D eigenvalue weighted by molar-refractivity contribution is 0.460. The molecule has 1 aromatic carbocycles. The van der Waals surface area contributed by atoms with Crippen molar-refractivity contribution in [2.75, 3.05) is 0 Å². The minimum absolute atomic E-state index is 0.386. The van der Waals surface area contributed by atoms with E-state index in [1.54, 1.807) is 24.3 Å². The van der Waals surface area contributed by atoms with E-state index in [2.05, 4.69) is 20.1 Å². The number of hydrogen-bond donors (Lipinski definition) is 2. The van der Waals surface area contributed by atoms with Crippen LogP contribution >= 0.6 is 10.7 Å². The third kappa shape index (κ3) is 4.81. The highest BCUT2D eigenvalue weighted by atomic mass is 35.7. The highest BCUT2D eigenvalue weighted by molar-refractivity contribution is 8.09. The summed E-state index contributed by atoms with van der Waals surface area (Å²) in [4.78, 5) is 24.1. The molecule has 0 aliphatic heterocycles. The molecule has 1 aromatic heterocycles. The first-order valence-electron chi connectivity index (χ1n) is 4.06. The van der Waals surface area contributed by atoms with Gasteiger partial charge in [0, 0.05) is 10.7 Å². The number of fused-ring (bicyclic) bond motifs is 1. The van der Waals surface area contributed by atoms with E-state index in [9.17, 15) is 9.59 Å². The van der Waals surface area contributed by atoms with E-state index < -0.39 is 20.7 Å². The van der Waals surface area contributed by atoms with Gasteiger partial charge in [0.05, 0.1) is 10.9 Å². The molecule has 0 atom stereocenters. The molecule has 0 unspecified atom stereocenters. The summed E-state index contributed by atoms with van der Waals surface area (Å²) in [6, 6.07) is 6.68. The highest BCUT2D eigenvalue weighted by Crippen LogP contribution is 2.01. The van der Waals surface area contributed by atoms with E-state index in [0.29, 0.717) is 10.9 Å². The number of aromatic amines is 1. The van der Waals surface area contributed by atoms with Crippen molar-refractivity contribution in [3.63, 3.8) is 0 Å². The van der Waals surface area contributed by atoms with Gasteiger partial charge < -0.3 is 4.42 Å². The van der Waals surface area contributed by atoms with Gasteiger partial charge in [-0.1, -0.05) is 12.1 Å². The Morgan fingerprint density at radius 3 is 2.35 bits per heavy atom. The summed E-state index contributed by atoms with van der Waals surface area (Å²) in [6.07, 6.45) is 0. The molecule has 0 spiro atoms.